The molecule has 0 atom stereocenters. The highest BCUT2D eigenvalue weighted by atomic mass is 32.2. The number of aryl methyl sites for hydroxylation is 1. The zero-order chi connectivity index (χ0) is 20.3. The number of benzene rings is 2. The fourth-order valence-electron chi connectivity index (χ4n) is 2.67. The first-order chi connectivity index (χ1) is 13.4. The van der Waals surface area contributed by atoms with Gasteiger partial charge in [0.2, 0.25) is 0 Å². The number of para-hydroxylation sites is 1. The highest BCUT2D eigenvalue weighted by Gasteiger charge is 2.33. The Morgan fingerprint density at radius 3 is 2.68 bits per heavy atom. The summed E-state index contributed by atoms with van der Waals surface area (Å²) in [7, 11) is 1.46. The van der Waals surface area contributed by atoms with Gasteiger partial charge in [-0.25, -0.2) is 4.79 Å². The number of amides is 1. The van der Waals surface area contributed by atoms with E-state index in [1.807, 2.05) is 31.2 Å². The lowest BCUT2D eigenvalue weighted by Crippen LogP contribution is -2.28. The molecule has 0 saturated carbocycles. The number of aliphatic carboxylic acids is 1. The maximum absolute atomic E-state index is 12.9. The summed E-state index contributed by atoms with van der Waals surface area (Å²) in [4.78, 5) is 25.6. The van der Waals surface area contributed by atoms with E-state index in [4.69, 9.17) is 26.8 Å². The summed E-state index contributed by atoms with van der Waals surface area (Å²) in [5, 5.41) is 8.74. The molecule has 0 bridgehead atoms. The number of thioether (sulfide) groups is 1. The molecule has 1 heterocycles. The van der Waals surface area contributed by atoms with Crippen molar-refractivity contribution < 1.29 is 24.2 Å². The summed E-state index contributed by atoms with van der Waals surface area (Å²) in [6.45, 7) is 1.46. The second-order valence-electron chi connectivity index (χ2n) is 5.90. The highest BCUT2D eigenvalue weighted by Crippen LogP contribution is 2.38. The van der Waals surface area contributed by atoms with Crippen LogP contribution in [0, 0.1) is 6.92 Å². The lowest BCUT2D eigenvalue weighted by Gasteiger charge is -2.16. The first-order valence-corrected chi connectivity index (χ1v) is 9.49. The standard InChI is InChI=1S/C20H17NO5S2/c1-12-5-3-4-6-14(12)21-19(24)17(28-20(21)27)10-13-7-8-15(16(9-13)25-2)26-11-18(22)23/h3-10H,11H2,1-2H3,(H,22,23)/b17-10+. The number of anilines is 1. The Labute approximate surface area is 171 Å². The number of thiocarbonyl (C=S) groups is 1. The van der Waals surface area contributed by atoms with Crippen molar-refractivity contribution in [3.63, 3.8) is 0 Å². The van der Waals surface area contributed by atoms with E-state index in [1.165, 1.54) is 23.8 Å². The Hall–Kier alpha value is -2.84. The van der Waals surface area contributed by atoms with Crippen LogP contribution in [0.15, 0.2) is 47.4 Å². The third-order valence-corrected chi connectivity index (χ3v) is 5.29. The zero-order valence-corrected chi connectivity index (χ0v) is 16.8. The summed E-state index contributed by atoms with van der Waals surface area (Å²) in [5.41, 5.74) is 2.44. The van der Waals surface area contributed by atoms with Crippen molar-refractivity contribution in [1.82, 2.24) is 0 Å². The maximum Gasteiger partial charge on any atom is 0.341 e. The average Bonchev–Trinajstić information content (AvgIpc) is 2.94. The number of hydrogen-bond donors (Lipinski definition) is 1. The van der Waals surface area contributed by atoms with E-state index < -0.39 is 12.6 Å². The molecule has 1 aliphatic rings. The van der Waals surface area contributed by atoms with Gasteiger partial charge in [-0.2, -0.15) is 0 Å². The van der Waals surface area contributed by atoms with E-state index in [9.17, 15) is 9.59 Å². The molecule has 1 N–H and O–H groups in total. The van der Waals surface area contributed by atoms with E-state index in [2.05, 4.69) is 0 Å². The summed E-state index contributed by atoms with van der Waals surface area (Å²) >= 11 is 6.64. The number of nitrogens with zero attached hydrogens (tertiary/aromatic N) is 1. The van der Waals surface area contributed by atoms with Crippen LogP contribution in [0.4, 0.5) is 5.69 Å². The van der Waals surface area contributed by atoms with Crippen LogP contribution < -0.4 is 14.4 Å². The van der Waals surface area contributed by atoms with Crippen molar-refractivity contribution in [3.05, 3.63) is 58.5 Å². The first-order valence-electron chi connectivity index (χ1n) is 8.27. The van der Waals surface area contributed by atoms with E-state index in [0.29, 0.717) is 26.3 Å². The summed E-state index contributed by atoms with van der Waals surface area (Å²) in [5.74, 6) is -0.570. The van der Waals surface area contributed by atoms with Gasteiger partial charge in [-0.1, -0.05) is 48.2 Å². The fourth-order valence-corrected chi connectivity index (χ4v) is 3.96. The molecule has 0 aromatic heterocycles. The molecule has 28 heavy (non-hydrogen) atoms. The van der Waals surface area contributed by atoms with Crippen molar-refractivity contribution in [3.8, 4) is 11.5 Å². The Kier molecular flexibility index (Phi) is 6.01. The smallest absolute Gasteiger partial charge is 0.341 e. The number of carboxylic acid groups (broad SMARTS) is 1. The number of carbonyl (C=O) groups excluding carboxylic acids is 1. The topological polar surface area (TPSA) is 76.1 Å². The van der Waals surface area contributed by atoms with Crippen molar-refractivity contribution >= 4 is 51.9 Å². The summed E-state index contributed by atoms with van der Waals surface area (Å²) in [6.07, 6.45) is 1.72. The van der Waals surface area contributed by atoms with Gasteiger partial charge in [0.25, 0.3) is 5.91 Å². The Bertz CT molecular complexity index is 986. The van der Waals surface area contributed by atoms with Crippen LogP contribution in [-0.2, 0) is 9.59 Å². The number of hydrogen-bond acceptors (Lipinski definition) is 6. The van der Waals surface area contributed by atoms with Gasteiger partial charge in [0.05, 0.1) is 17.7 Å². The van der Waals surface area contributed by atoms with Crippen LogP contribution in [0.3, 0.4) is 0 Å². The average molecular weight is 415 g/mol. The van der Waals surface area contributed by atoms with Gasteiger partial charge >= 0.3 is 5.97 Å². The molecule has 2 aromatic carbocycles. The Balaban J connectivity index is 1.88. The molecule has 1 saturated heterocycles. The molecule has 1 aliphatic heterocycles. The predicted octanol–water partition coefficient (Wildman–Crippen LogP) is 3.87. The van der Waals surface area contributed by atoms with Crippen molar-refractivity contribution in [1.29, 1.82) is 0 Å². The quantitative estimate of drug-likeness (QED) is 0.567. The normalized spacial score (nSPS) is 15.2. The molecule has 2 aromatic rings. The van der Waals surface area contributed by atoms with Crippen LogP contribution in [0.2, 0.25) is 0 Å². The third kappa shape index (κ3) is 4.18. The molecule has 0 aliphatic carbocycles. The highest BCUT2D eigenvalue weighted by molar-refractivity contribution is 8.27. The molecular formula is C20H17NO5S2. The van der Waals surface area contributed by atoms with E-state index in [0.717, 1.165) is 11.3 Å². The van der Waals surface area contributed by atoms with Gasteiger partial charge in [0.1, 0.15) is 0 Å². The third-order valence-electron chi connectivity index (χ3n) is 3.99. The minimum Gasteiger partial charge on any atom is -0.493 e. The van der Waals surface area contributed by atoms with Gasteiger partial charge < -0.3 is 14.6 Å². The lowest BCUT2D eigenvalue weighted by atomic mass is 10.1. The van der Waals surface area contributed by atoms with E-state index in [1.54, 1.807) is 24.3 Å². The van der Waals surface area contributed by atoms with Gasteiger partial charge in [0, 0.05) is 0 Å². The molecule has 1 fully saturated rings. The molecule has 1 amide bonds. The Morgan fingerprint density at radius 1 is 1.25 bits per heavy atom. The predicted molar refractivity (Wildman–Crippen MR) is 113 cm³/mol. The monoisotopic (exact) mass is 415 g/mol. The molecule has 0 radical (unpaired) electrons. The second-order valence-corrected chi connectivity index (χ2v) is 7.57. The summed E-state index contributed by atoms with van der Waals surface area (Å²) < 4.78 is 10.9. The van der Waals surface area contributed by atoms with Crippen LogP contribution in [0.25, 0.3) is 6.08 Å². The lowest BCUT2D eigenvalue weighted by molar-refractivity contribution is -0.139. The molecule has 3 rings (SSSR count). The van der Waals surface area contributed by atoms with Crippen molar-refractivity contribution in [2.24, 2.45) is 0 Å². The number of rotatable bonds is 6. The molecular weight excluding hydrogens is 398 g/mol. The summed E-state index contributed by atoms with van der Waals surface area (Å²) in [6, 6.07) is 12.6. The van der Waals surface area contributed by atoms with Gasteiger partial charge in [-0.15, -0.1) is 0 Å². The van der Waals surface area contributed by atoms with Gasteiger partial charge in [0.15, 0.2) is 22.4 Å². The van der Waals surface area contributed by atoms with Gasteiger partial charge in [-0.05, 0) is 42.3 Å². The SMILES string of the molecule is COc1cc(/C=C2/SC(=S)N(c3ccccc3C)C2=O)ccc1OCC(=O)O. The van der Waals surface area contributed by atoms with E-state index >= 15 is 0 Å². The number of ether oxygens (including phenoxy) is 2. The molecule has 0 unspecified atom stereocenters. The van der Waals surface area contributed by atoms with Crippen molar-refractivity contribution in [2.45, 2.75) is 6.92 Å². The van der Waals surface area contributed by atoms with Crippen molar-refractivity contribution in [2.75, 3.05) is 18.6 Å². The molecule has 6 nitrogen and oxygen atoms in total. The van der Waals surface area contributed by atoms with Crippen LogP contribution in [0.5, 0.6) is 11.5 Å². The zero-order valence-electron chi connectivity index (χ0n) is 15.2. The van der Waals surface area contributed by atoms with Crippen LogP contribution in [-0.4, -0.2) is 35.0 Å². The Morgan fingerprint density at radius 2 is 2.00 bits per heavy atom. The molecule has 8 heteroatoms. The molecule has 144 valence electrons. The van der Waals surface area contributed by atoms with E-state index in [-0.39, 0.29) is 5.91 Å². The number of carbonyl (C=O) groups is 2. The minimum absolute atomic E-state index is 0.186. The minimum atomic E-state index is -1.08. The molecule has 0 spiro atoms. The number of methoxy groups -OCH3 is 1. The van der Waals surface area contributed by atoms with Crippen LogP contribution >= 0.6 is 24.0 Å². The number of carboxylic acids is 1. The second kappa shape index (κ2) is 8.45. The largest absolute Gasteiger partial charge is 0.493 e. The van der Waals surface area contributed by atoms with Gasteiger partial charge in [-0.3, -0.25) is 9.69 Å². The first kappa shape index (κ1) is 19.9. The maximum atomic E-state index is 12.9. The fraction of sp³-hybridized carbons (Fsp3) is 0.150. The van der Waals surface area contributed by atoms with Crippen LogP contribution in [0.1, 0.15) is 11.1 Å².